The van der Waals surface area contributed by atoms with Crippen LogP contribution in [0.3, 0.4) is 0 Å². The van der Waals surface area contributed by atoms with Crippen molar-refractivity contribution in [1.29, 1.82) is 0 Å². The van der Waals surface area contributed by atoms with E-state index >= 15 is 0 Å². The van der Waals surface area contributed by atoms with Crippen molar-refractivity contribution >= 4 is 39.0 Å². The molecule has 0 aromatic carbocycles. The molecule has 2 aliphatic rings. The number of nitrogens with one attached hydrogen (secondary N) is 1. The first kappa shape index (κ1) is 19.2. The number of hydrogen-bond acceptors (Lipinski definition) is 8. The van der Waals surface area contributed by atoms with Crippen LogP contribution in [0, 0.1) is 0 Å². The lowest BCUT2D eigenvalue weighted by Gasteiger charge is -2.22. The van der Waals surface area contributed by atoms with E-state index in [1.54, 1.807) is 11.3 Å². The van der Waals surface area contributed by atoms with Crippen molar-refractivity contribution in [3.63, 3.8) is 0 Å². The molecule has 0 unspecified atom stereocenters. The molecule has 8 heteroatoms. The van der Waals surface area contributed by atoms with Crippen LogP contribution in [0.5, 0.6) is 0 Å². The molecule has 1 aliphatic carbocycles. The van der Waals surface area contributed by atoms with Crippen LogP contribution in [0.15, 0.2) is 36.7 Å². The van der Waals surface area contributed by atoms with Crippen LogP contribution in [0.2, 0.25) is 0 Å². The van der Waals surface area contributed by atoms with Gasteiger partial charge in [0.05, 0.1) is 22.9 Å². The molecule has 0 bridgehead atoms. The number of rotatable bonds is 4. The Kier molecular flexibility index (Phi) is 5.25. The van der Waals surface area contributed by atoms with E-state index in [9.17, 15) is 0 Å². The number of aromatic nitrogens is 4. The van der Waals surface area contributed by atoms with Gasteiger partial charge in [0.2, 0.25) is 5.13 Å². The number of fused-ring (bicyclic) bond motifs is 1. The van der Waals surface area contributed by atoms with E-state index < -0.39 is 0 Å². The first-order valence-electron chi connectivity index (χ1n) is 10.7. The summed E-state index contributed by atoms with van der Waals surface area (Å²) < 4.78 is 0. The van der Waals surface area contributed by atoms with Gasteiger partial charge in [0.15, 0.2) is 0 Å². The van der Waals surface area contributed by atoms with Crippen LogP contribution in [0.4, 0.5) is 16.6 Å². The van der Waals surface area contributed by atoms with Gasteiger partial charge >= 0.3 is 0 Å². The highest BCUT2D eigenvalue weighted by Crippen LogP contribution is 2.37. The van der Waals surface area contributed by atoms with Crippen LogP contribution >= 0.6 is 11.3 Å². The van der Waals surface area contributed by atoms with E-state index in [4.69, 9.17) is 4.98 Å². The molecule has 3 aromatic heterocycles. The summed E-state index contributed by atoms with van der Waals surface area (Å²) in [7, 11) is 2.11. The average Bonchev–Trinajstić information content (AvgIpc) is 3.42. The Hall–Kier alpha value is -2.74. The molecule has 5 rings (SSSR count). The molecule has 0 spiro atoms. The molecular formula is C22H27N7S. The summed E-state index contributed by atoms with van der Waals surface area (Å²) in [5.41, 5.74) is 4.07. The summed E-state index contributed by atoms with van der Waals surface area (Å²) in [4.78, 5) is 14.0. The summed E-state index contributed by atoms with van der Waals surface area (Å²) in [5.74, 6) is 1.36. The zero-order valence-corrected chi connectivity index (χ0v) is 18.2. The normalized spacial score (nSPS) is 18.2. The third kappa shape index (κ3) is 3.96. The van der Waals surface area contributed by atoms with E-state index in [0.29, 0.717) is 5.92 Å². The van der Waals surface area contributed by atoms with E-state index in [1.165, 1.54) is 31.4 Å². The minimum Gasteiger partial charge on any atom is -0.377 e. The second-order valence-electron chi connectivity index (χ2n) is 8.20. The zero-order valence-electron chi connectivity index (χ0n) is 17.3. The fourth-order valence-corrected chi connectivity index (χ4v) is 5.14. The van der Waals surface area contributed by atoms with Gasteiger partial charge in [0.1, 0.15) is 10.8 Å². The van der Waals surface area contributed by atoms with E-state index in [-0.39, 0.29) is 0 Å². The topological polar surface area (TPSA) is 70.1 Å². The van der Waals surface area contributed by atoms with Crippen LogP contribution < -0.4 is 10.2 Å². The van der Waals surface area contributed by atoms with Gasteiger partial charge in [-0.15, -0.1) is 10.2 Å². The highest BCUT2D eigenvalue weighted by Gasteiger charge is 2.21. The van der Waals surface area contributed by atoms with Crippen molar-refractivity contribution in [2.24, 2.45) is 0 Å². The average molecular weight is 422 g/mol. The third-order valence-electron chi connectivity index (χ3n) is 6.18. The van der Waals surface area contributed by atoms with Gasteiger partial charge in [-0.25, -0.2) is 4.98 Å². The molecule has 156 valence electrons. The fraction of sp³-hybridized carbons (Fsp3) is 0.455. The van der Waals surface area contributed by atoms with E-state index in [1.807, 2.05) is 18.3 Å². The first-order valence-corrected chi connectivity index (χ1v) is 11.5. The first-order chi connectivity index (χ1) is 14.7. The van der Waals surface area contributed by atoms with Crippen molar-refractivity contribution in [2.45, 2.75) is 38.0 Å². The maximum absolute atomic E-state index is 4.80. The number of anilines is 3. The highest BCUT2D eigenvalue weighted by atomic mass is 32.1. The third-order valence-corrected chi connectivity index (χ3v) is 7.18. The molecule has 1 saturated heterocycles. The quantitative estimate of drug-likeness (QED) is 0.663. The lowest BCUT2D eigenvalue weighted by molar-refractivity contribution is 0.433. The summed E-state index contributed by atoms with van der Waals surface area (Å²) in [6.45, 7) is 7.03. The summed E-state index contributed by atoms with van der Waals surface area (Å²) >= 11 is 1.65. The molecular weight excluding hydrogens is 394 g/mol. The predicted molar refractivity (Wildman–Crippen MR) is 123 cm³/mol. The Balaban J connectivity index is 1.35. The monoisotopic (exact) mass is 421 g/mol. The summed E-state index contributed by atoms with van der Waals surface area (Å²) in [6.07, 6.45) is 7.98. The van der Waals surface area contributed by atoms with Crippen molar-refractivity contribution < 1.29 is 0 Å². The second kappa shape index (κ2) is 8.18. The lowest BCUT2D eigenvalue weighted by atomic mass is 10.1. The maximum atomic E-state index is 4.80. The molecule has 0 radical (unpaired) electrons. The summed E-state index contributed by atoms with van der Waals surface area (Å²) in [6, 6.07) is 6.09. The molecule has 0 atom stereocenters. The van der Waals surface area contributed by atoms with Crippen LogP contribution in [-0.4, -0.2) is 51.7 Å². The van der Waals surface area contributed by atoms with Gasteiger partial charge in [-0.3, -0.25) is 4.98 Å². The van der Waals surface area contributed by atoms with Gasteiger partial charge in [-0.05, 0) is 31.0 Å². The van der Waals surface area contributed by atoms with Gasteiger partial charge in [0, 0.05) is 44.7 Å². The number of likely N-dealkylation sites (N-methyl/N-ethyl adjacent to an activating group) is 1. The molecule has 4 heterocycles. The van der Waals surface area contributed by atoms with Crippen LogP contribution in [0.1, 0.15) is 43.0 Å². The molecule has 2 fully saturated rings. The standard InChI is InChI=1S/C22H27N7S/c1-15-9-10-29(12-11-28(15)2)17-13-19-18(23-14-17)7-8-20(24-19)25-22-27-26-21(30-22)16-5-3-4-6-16/h7-8,13-14,16H,1,3-6,9-12H2,2H3,(H,24,25,27). The largest absolute Gasteiger partial charge is 0.377 e. The maximum Gasteiger partial charge on any atom is 0.211 e. The smallest absolute Gasteiger partial charge is 0.211 e. The molecule has 3 aromatic rings. The Morgan fingerprint density at radius 3 is 2.83 bits per heavy atom. The Bertz CT molecular complexity index is 1060. The molecule has 1 N–H and O–H groups in total. The van der Waals surface area contributed by atoms with Crippen molar-refractivity contribution in [3.8, 4) is 0 Å². The van der Waals surface area contributed by atoms with Crippen molar-refractivity contribution in [1.82, 2.24) is 25.1 Å². The molecule has 0 amide bonds. The van der Waals surface area contributed by atoms with E-state index in [2.05, 4.69) is 50.0 Å². The number of hydrogen-bond donors (Lipinski definition) is 1. The minimum absolute atomic E-state index is 0.582. The minimum atomic E-state index is 0.582. The lowest BCUT2D eigenvalue weighted by Crippen LogP contribution is -2.28. The molecule has 1 aliphatic heterocycles. The molecule has 7 nitrogen and oxygen atoms in total. The van der Waals surface area contributed by atoms with Gasteiger partial charge in [-0.1, -0.05) is 30.8 Å². The van der Waals surface area contributed by atoms with Gasteiger partial charge in [0.25, 0.3) is 0 Å². The van der Waals surface area contributed by atoms with Crippen molar-refractivity contribution in [2.75, 3.05) is 36.9 Å². The van der Waals surface area contributed by atoms with Crippen LogP contribution in [0.25, 0.3) is 11.0 Å². The highest BCUT2D eigenvalue weighted by molar-refractivity contribution is 7.15. The SMILES string of the molecule is C=C1CCN(c2cnc3ccc(Nc4nnc(C5CCCC5)s4)nc3c2)CCN1C. The van der Waals surface area contributed by atoms with Crippen molar-refractivity contribution in [3.05, 3.63) is 41.7 Å². The predicted octanol–water partition coefficient (Wildman–Crippen LogP) is 4.54. The summed E-state index contributed by atoms with van der Waals surface area (Å²) in [5, 5.41) is 14.0. The fourth-order valence-electron chi connectivity index (χ4n) is 4.22. The van der Waals surface area contributed by atoms with Gasteiger partial charge < -0.3 is 15.1 Å². The molecule has 1 saturated carbocycles. The molecule has 30 heavy (non-hydrogen) atoms. The van der Waals surface area contributed by atoms with Crippen LogP contribution in [-0.2, 0) is 0 Å². The van der Waals surface area contributed by atoms with E-state index in [0.717, 1.165) is 58.7 Å². The number of nitrogens with zero attached hydrogens (tertiary/aromatic N) is 6. The van der Waals surface area contributed by atoms with Gasteiger partial charge in [-0.2, -0.15) is 0 Å². The Morgan fingerprint density at radius 1 is 1.10 bits per heavy atom. The zero-order chi connectivity index (χ0) is 20.5. The number of pyridine rings is 2. The Labute approximate surface area is 180 Å². The second-order valence-corrected chi connectivity index (χ2v) is 9.21. The Morgan fingerprint density at radius 2 is 1.97 bits per heavy atom.